The second kappa shape index (κ2) is 4.66. The molecular weight excluding hydrogens is 198 g/mol. The summed E-state index contributed by atoms with van der Waals surface area (Å²) in [6, 6.07) is 6.16. The van der Waals surface area contributed by atoms with E-state index in [9.17, 15) is 0 Å². The van der Waals surface area contributed by atoms with Gasteiger partial charge >= 0.3 is 0 Å². The van der Waals surface area contributed by atoms with Crippen LogP contribution in [-0.4, -0.2) is 9.61 Å². The van der Waals surface area contributed by atoms with E-state index < -0.39 is 0 Å². The molecule has 2 rings (SSSR count). The van der Waals surface area contributed by atoms with Crippen molar-refractivity contribution in [1.29, 1.82) is 0 Å². The van der Waals surface area contributed by atoms with Crippen LogP contribution in [0.1, 0.15) is 38.3 Å². The van der Waals surface area contributed by atoms with Crippen LogP contribution >= 0.6 is 0 Å². The highest BCUT2D eigenvalue weighted by atomic mass is 15.2. The number of nitrogens with zero attached hydrogens (tertiary/aromatic N) is 2. The molecule has 2 unspecified atom stereocenters. The second-order valence-corrected chi connectivity index (χ2v) is 4.42. The molecule has 2 aromatic rings. The Kier molecular flexibility index (Phi) is 3.25. The fourth-order valence-corrected chi connectivity index (χ4v) is 2.15. The molecule has 3 heteroatoms. The molecule has 16 heavy (non-hydrogen) atoms. The van der Waals surface area contributed by atoms with Gasteiger partial charge in [-0.1, -0.05) is 26.3 Å². The van der Waals surface area contributed by atoms with Gasteiger partial charge in [0.1, 0.15) is 0 Å². The van der Waals surface area contributed by atoms with Crippen molar-refractivity contribution >= 4 is 5.52 Å². The Morgan fingerprint density at radius 3 is 3.00 bits per heavy atom. The van der Waals surface area contributed by atoms with Crippen molar-refractivity contribution in [2.75, 3.05) is 0 Å². The van der Waals surface area contributed by atoms with Gasteiger partial charge in [-0.2, -0.15) is 5.10 Å². The monoisotopic (exact) mass is 217 g/mol. The standard InChI is InChI=1S/C13H19N3/c1-3-6-10(2)13(14)11-9-15-16-8-5-4-7-12(11)16/h4-5,7-10,13H,3,6,14H2,1-2H3. The quantitative estimate of drug-likeness (QED) is 0.855. The van der Waals surface area contributed by atoms with E-state index in [-0.39, 0.29) is 6.04 Å². The summed E-state index contributed by atoms with van der Waals surface area (Å²) in [4.78, 5) is 0. The number of hydrogen-bond acceptors (Lipinski definition) is 2. The first-order valence-electron chi connectivity index (χ1n) is 5.92. The molecule has 0 fully saturated rings. The lowest BCUT2D eigenvalue weighted by molar-refractivity contribution is 0.435. The van der Waals surface area contributed by atoms with Crippen LogP contribution < -0.4 is 5.73 Å². The summed E-state index contributed by atoms with van der Waals surface area (Å²) in [5.74, 6) is 0.498. The minimum absolute atomic E-state index is 0.0832. The first-order chi connectivity index (χ1) is 7.74. The topological polar surface area (TPSA) is 43.3 Å². The Hall–Kier alpha value is -1.35. The van der Waals surface area contributed by atoms with Crippen LogP contribution in [0.3, 0.4) is 0 Å². The predicted molar refractivity (Wildman–Crippen MR) is 66.2 cm³/mol. The molecule has 0 bridgehead atoms. The van der Waals surface area contributed by atoms with Crippen LogP contribution in [0.5, 0.6) is 0 Å². The smallest absolute Gasteiger partial charge is 0.0709 e. The van der Waals surface area contributed by atoms with Crippen LogP contribution in [0.15, 0.2) is 30.6 Å². The van der Waals surface area contributed by atoms with Crippen molar-refractivity contribution in [3.8, 4) is 0 Å². The third-order valence-electron chi connectivity index (χ3n) is 3.17. The molecule has 0 aliphatic carbocycles. The van der Waals surface area contributed by atoms with Crippen molar-refractivity contribution in [1.82, 2.24) is 9.61 Å². The summed E-state index contributed by atoms with van der Waals surface area (Å²) in [5, 5.41) is 4.32. The molecule has 2 N–H and O–H groups in total. The van der Waals surface area contributed by atoms with Gasteiger partial charge in [-0.15, -0.1) is 0 Å². The molecule has 0 saturated heterocycles. The maximum absolute atomic E-state index is 6.28. The first-order valence-corrected chi connectivity index (χ1v) is 5.92. The molecule has 2 aromatic heterocycles. The predicted octanol–water partition coefficient (Wildman–Crippen LogP) is 2.77. The number of pyridine rings is 1. The molecular formula is C13H19N3. The molecule has 86 valence electrons. The third kappa shape index (κ3) is 1.95. The maximum Gasteiger partial charge on any atom is 0.0709 e. The van der Waals surface area contributed by atoms with Gasteiger partial charge < -0.3 is 5.73 Å². The molecule has 0 saturated carbocycles. The molecule has 0 aromatic carbocycles. The Morgan fingerprint density at radius 1 is 1.44 bits per heavy atom. The molecule has 0 aliphatic heterocycles. The van der Waals surface area contributed by atoms with Gasteiger partial charge in [0.2, 0.25) is 0 Å². The van der Waals surface area contributed by atoms with Crippen molar-refractivity contribution in [2.24, 2.45) is 11.7 Å². The van der Waals surface area contributed by atoms with Crippen LogP contribution in [-0.2, 0) is 0 Å². The highest BCUT2D eigenvalue weighted by Gasteiger charge is 2.17. The lowest BCUT2D eigenvalue weighted by Crippen LogP contribution is -2.18. The molecule has 0 spiro atoms. The maximum atomic E-state index is 6.28. The summed E-state index contributed by atoms with van der Waals surface area (Å²) in [6.45, 7) is 4.40. The molecule has 0 amide bonds. The Bertz CT molecular complexity index is 461. The van der Waals surface area contributed by atoms with Crippen molar-refractivity contribution in [2.45, 2.75) is 32.7 Å². The zero-order valence-corrected chi connectivity index (χ0v) is 9.93. The fourth-order valence-electron chi connectivity index (χ4n) is 2.15. The van der Waals surface area contributed by atoms with Crippen LogP contribution in [0.25, 0.3) is 5.52 Å². The number of fused-ring (bicyclic) bond motifs is 1. The normalized spacial score (nSPS) is 15.2. The largest absolute Gasteiger partial charge is 0.324 e. The third-order valence-corrected chi connectivity index (χ3v) is 3.17. The summed E-state index contributed by atoms with van der Waals surface area (Å²) in [7, 11) is 0. The molecule has 0 aliphatic rings. The minimum atomic E-state index is 0.0832. The molecule has 3 nitrogen and oxygen atoms in total. The van der Waals surface area contributed by atoms with E-state index in [4.69, 9.17) is 5.73 Å². The van der Waals surface area contributed by atoms with Crippen LogP contribution in [0, 0.1) is 5.92 Å². The van der Waals surface area contributed by atoms with Crippen molar-refractivity contribution in [3.05, 3.63) is 36.2 Å². The minimum Gasteiger partial charge on any atom is -0.324 e. The molecule has 2 heterocycles. The molecule has 0 radical (unpaired) electrons. The van der Waals surface area contributed by atoms with Crippen molar-refractivity contribution in [3.63, 3.8) is 0 Å². The van der Waals surface area contributed by atoms with Gasteiger partial charge in [0.15, 0.2) is 0 Å². The van der Waals surface area contributed by atoms with Crippen molar-refractivity contribution < 1.29 is 0 Å². The summed E-state index contributed by atoms with van der Waals surface area (Å²) >= 11 is 0. The fraction of sp³-hybridized carbons (Fsp3) is 0.462. The average molecular weight is 217 g/mol. The summed E-state index contributed by atoms with van der Waals surface area (Å²) in [6.07, 6.45) is 6.18. The Labute approximate surface area is 96.3 Å². The van der Waals surface area contributed by atoms with E-state index >= 15 is 0 Å². The van der Waals surface area contributed by atoms with Gasteiger partial charge in [0.25, 0.3) is 0 Å². The van der Waals surface area contributed by atoms with E-state index in [0.29, 0.717) is 5.92 Å². The van der Waals surface area contributed by atoms with Gasteiger partial charge in [-0.3, -0.25) is 0 Å². The zero-order chi connectivity index (χ0) is 11.5. The molecule has 2 atom stereocenters. The van der Waals surface area contributed by atoms with E-state index in [2.05, 4.69) is 25.0 Å². The Balaban J connectivity index is 2.32. The lowest BCUT2D eigenvalue weighted by Gasteiger charge is -2.18. The number of rotatable bonds is 4. The van der Waals surface area contributed by atoms with Crippen LogP contribution in [0.2, 0.25) is 0 Å². The zero-order valence-electron chi connectivity index (χ0n) is 9.93. The summed E-state index contributed by atoms with van der Waals surface area (Å²) in [5.41, 5.74) is 8.56. The van der Waals surface area contributed by atoms with E-state index in [0.717, 1.165) is 17.5 Å². The van der Waals surface area contributed by atoms with E-state index in [1.165, 1.54) is 6.42 Å². The van der Waals surface area contributed by atoms with Gasteiger partial charge in [-0.05, 0) is 24.5 Å². The first kappa shape index (κ1) is 11.1. The van der Waals surface area contributed by atoms with E-state index in [1.54, 1.807) is 0 Å². The highest BCUT2D eigenvalue weighted by molar-refractivity contribution is 5.54. The lowest BCUT2D eigenvalue weighted by atomic mass is 9.92. The second-order valence-electron chi connectivity index (χ2n) is 4.42. The van der Waals surface area contributed by atoms with E-state index in [1.807, 2.05) is 29.0 Å². The number of hydrogen-bond donors (Lipinski definition) is 1. The summed E-state index contributed by atoms with van der Waals surface area (Å²) < 4.78 is 1.88. The highest BCUT2D eigenvalue weighted by Crippen LogP contribution is 2.26. The average Bonchev–Trinajstić information content (AvgIpc) is 2.72. The van der Waals surface area contributed by atoms with Gasteiger partial charge in [0, 0.05) is 17.8 Å². The van der Waals surface area contributed by atoms with Gasteiger partial charge in [0.05, 0.1) is 11.7 Å². The number of aromatic nitrogens is 2. The van der Waals surface area contributed by atoms with Gasteiger partial charge in [-0.25, -0.2) is 4.52 Å². The SMILES string of the molecule is CCCC(C)C(N)c1cnn2ccccc12. The Morgan fingerprint density at radius 2 is 2.25 bits per heavy atom. The van der Waals surface area contributed by atoms with Crippen LogP contribution in [0.4, 0.5) is 0 Å². The number of nitrogens with two attached hydrogens (primary N) is 1.